The van der Waals surface area contributed by atoms with Gasteiger partial charge >= 0.3 is 0 Å². The zero-order chi connectivity index (χ0) is 10.8. The molecule has 0 aromatic carbocycles. The van der Waals surface area contributed by atoms with Crippen LogP contribution in [0.1, 0.15) is 49.5 Å². The molecule has 2 fully saturated rings. The average Bonchev–Trinajstić information content (AvgIpc) is 2.65. The smallest absolute Gasteiger partial charge is 0.109 e. The van der Waals surface area contributed by atoms with Gasteiger partial charge in [-0.3, -0.25) is 0 Å². The predicted molar refractivity (Wildman–Crippen MR) is 64.5 cm³/mol. The third-order valence-corrected chi connectivity index (χ3v) is 4.11. The Hall–Kier alpha value is -0.830. The maximum Gasteiger partial charge on any atom is 0.109 e. The van der Waals surface area contributed by atoms with Crippen LogP contribution in [0.4, 0.5) is 0 Å². The van der Waals surface area contributed by atoms with E-state index in [2.05, 4.69) is 21.5 Å². The van der Waals surface area contributed by atoms with Gasteiger partial charge in [-0.25, -0.2) is 4.98 Å². The van der Waals surface area contributed by atoms with E-state index in [1.807, 2.05) is 0 Å². The van der Waals surface area contributed by atoms with Crippen molar-refractivity contribution < 1.29 is 0 Å². The zero-order valence-electron chi connectivity index (χ0n) is 9.84. The summed E-state index contributed by atoms with van der Waals surface area (Å²) in [5.74, 6) is 2.84. The molecule has 1 aromatic rings. The van der Waals surface area contributed by atoms with Gasteiger partial charge in [-0.2, -0.15) is 0 Å². The molecule has 0 atom stereocenters. The third kappa shape index (κ3) is 2.14. The Bertz CT molecular complexity index is 335. The second kappa shape index (κ2) is 4.58. The van der Waals surface area contributed by atoms with E-state index in [1.165, 1.54) is 63.1 Å². The van der Waals surface area contributed by atoms with Gasteiger partial charge in [0.15, 0.2) is 0 Å². The van der Waals surface area contributed by atoms with Crippen LogP contribution in [0, 0.1) is 5.92 Å². The average molecular weight is 219 g/mol. The Labute approximate surface area is 97.0 Å². The fourth-order valence-corrected chi connectivity index (χ4v) is 2.77. The van der Waals surface area contributed by atoms with Gasteiger partial charge in [0.1, 0.15) is 5.82 Å². The first-order chi connectivity index (χ1) is 7.92. The highest BCUT2D eigenvalue weighted by Crippen LogP contribution is 2.34. The summed E-state index contributed by atoms with van der Waals surface area (Å²) < 4.78 is 0. The molecule has 1 aliphatic carbocycles. The number of imidazole rings is 1. The van der Waals surface area contributed by atoms with Gasteiger partial charge in [-0.1, -0.05) is 6.42 Å². The predicted octanol–water partition coefficient (Wildman–Crippen LogP) is 2.22. The number of nitrogens with zero attached hydrogens (tertiary/aromatic N) is 1. The van der Waals surface area contributed by atoms with Gasteiger partial charge < -0.3 is 10.3 Å². The highest BCUT2D eigenvalue weighted by Gasteiger charge is 2.22. The molecule has 2 heterocycles. The van der Waals surface area contributed by atoms with E-state index in [0.717, 1.165) is 11.8 Å². The van der Waals surface area contributed by atoms with Gasteiger partial charge in [0.25, 0.3) is 0 Å². The topological polar surface area (TPSA) is 40.7 Å². The van der Waals surface area contributed by atoms with Crippen LogP contribution in [0.2, 0.25) is 0 Å². The molecule has 3 heteroatoms. The molecule has 1 aromatic heterocycles. The molecule has 1 aliphatic heterocycles. The molecule has 1 saturated heterocycles. The van der Waals surface area contributed by atoms with E-state index < -0.39 is 0 Å². The number of aromatic nitrogens is 2. The van der Waals surface area contributed by atoms with Crippen LogP contribution in [-0.2, 0) is 6.42 Å². The number of hydrogen-bond donors (Lipinski definition) is 2. The fourth-order valence-electron chi connectivity index (χ4n) is 2.77. The second-order valence-electron chi connectivity index (χ2n) is 5.32. The van der Waals surface area contributed by atoms with Crippen molar-refractivity contribution in [1.29, 1.82) is 0 Å². The van der Waals surface area contributed by atoms with Crippen LogP contribution in [-0.4, -0.2) is 23.1 Å². The van der Waals surface area contributed by atoms with E-state index in [9.17, 15) is 0 Å². The minimum atomic E-state index is 0.738. The van der Waals surface area contributed by atoms with Crippen molar-refractivity contribution in [1.82, 2.24) is 15.3 Å². The molecule has 2 aliphatic rings. The molecule has 3 rings (SSSR count). The van der Waals surface area contributed by atoms with Crippen molar-refractivity contribution in [2.75, 3.05) is 13.1 Å². The molecule has 0 unspecified atom stereocenters. The quantitative estimate of drug-likeness (QED) is 0.818. The van der Waals surface area contributed by atoms with Crippen molar-refractivity contribution in [2.45, 2.75) is 44.4 Å². The summed E-state index contributed by atoms with van der Waals surface area (Å²) in [6.07, 6.45) is 9.95. The largest absolute Gasteiger partial charge is 0.346 e. The lowest BCUT2D eigenvalue weighted by molar-refractivity contribution is 0.369. The van der Waals surface area contributed by atoms with Crippen molar-refractivity contribution in [2.24, 2.45) is 5.92 Å². The molecule has 0 radical (unpaired) electrons. The molecular formula is C13H21N3. The van der Waals surface area contributed by atoms with Crippen LogP contribution in [0.5, 0.6) is 0 Å². The molecule has 1 saturated carbocycles. The van der Waals surface area contributed by atoms with Gasteiger partial charge in [0, 0.05) is 17.8 Å². The summed E-state index contributed by atoms with van der Waals surface area (Å²) in [6.45, 7) is 2.38. The van der Waals surface area contributed by atoms with Crippen LogP contribution in [0.15, 0.2) is 6.20 Å². The lowest BCUT2D eigenvalue weighted by atomic mass is 9.85. The standard InChI is InChI=1S/C13H21N3/c1-2-11(3-1)13-15-9-12(16-13)8-10-4-6-14-7-5-10/h9-11,14H,1-8H2,(H,15,16). The van der Waals surface area contributed by atoms with Crippen LogP contribution in [0.25, 0.3) is 0 Å². The highest BCUT2D eigenvalue weighted by molar-refractivity contribution is 5.08. The molecule has 2 N–H and O–H groups in total. The Morgan fingerprint density at radius 2 is 2.00 bits per heavy atom. The first-order valence-corrected chi connectivity index (χ1v) is 6.66. The normalized spacial score (nSPS) is 23.2. The molecule has 0 spiro atoms. The lowest BCUT2D eigenvalue weighted by Crippen LogP contribution is -2.28. The van der Waals surface area contributed by atoms with E-state index in [4.69, 9.17) is 0 Å². The van der Waals surface area contributed by atoms with Crippen LogP contribution >= 0.6 is 0 Å². The monoisotopic (exact) mass is 219 g/mol. The Morgan fingerprint density at radius 3 is 2.69 bits per heavy atom. The molecule has 88 valence electrons. The van der Waals surface area contributed by atoms with E-state index in [-0.39, 0.29) is 0 Å². The molecular weight excluding hydrogens is 198 g/mol. The Balaban J connectivity index is 1.58. The number of nitrogens with one attached hydrogen (secondary N) is 2. The summed E-state index contributed by atoms with van der Waals surface area (Å²) in [5, 5.41) is 3.42. The van der Waals surface area contributed by atoms with Gasteiger partial charge in [0.2, 0.25) is 0 Å². The summed E-state index contributed by atoms with van der Waals surface area (Å²) in [7, 11) is 0. The highest BCUT2D eigenvalue weighted by atomic mass is 14.9. The van der Waals surface area contributed by atoms with Crippen molar-refractivity contribution >= 4 is 0 Å². The SMILES string of the molecule is c1nc(C2CCC2)[nH]c1CC1CCNCC1. The van der Waals surface area contributed by atoms with Crippen LogP contribution in [0.3, 0.4) is 0 Å². The van der Waals surface area contributed by atoms with Crippen molar-refractivity contribution in [3.63, 3.8) is 0 Å². The maximum absolute atomic E-state index is 4.53. The van der Waals surface area contributed by atoms with Gasteiger partial charge in [0.05, 0.1) is 0 Å². The third-order valence-electron chi connectivity index (χ3n) is 4.11. The zero-order valence-corrected chi connectivity index (χ0v) is 9.84. The molecule has 0 bridgehead atoms. The summed E-state index contributed by atoms with van der Waals surface area (Å²) in [5.41, 5.74) is 1.36. The van der Waals surface area contributed by atoms with Gasteiger partial charge in [-0.05, 0) is 51.1 Å². The summed E-state index contributed by atoms with van der Waals surface area (Å²) >= 11 is 0. The Morgan fingerprint density at radius 1 is 1.19 bits per heavy atom. The first kappa shape index (κ1) is 10.3. The van der Waals surface area contributed by atoms with Crippen LogP contribution < -0.4 is 5.32 Å². The first-order valence-electron chi connectivity index (χ1n) is 6.66. The number of rotatable bonds is 3. The van der Waals surface area contributed by atoms with Crippen molar-refractivity contribution in [3.8, 4) is 0 Å². The fraction of sp³-hybridized carbons (Fsp3) is 0.769. The molecule has 16 heavy (non-hydrogen) atoms. The molecule has 0 amide bonds. The summed E-state index contributed by atoms with van der Waals surface area (Å²) in [6, 6.07) is 0. The Kier molecular flexibility index (Phi) is 2.96. The van der Waals surface area contributed by atoms with E-state index in [0.29, 0.717) is 0 Å². The number of piperidine rings is 1. The number of aromatic amines is 1. The van der Waals surface area contributed by atoms with Gasteiger partial charge in [-0.15, -0.1) is 0 Å². The lowest BCUT2D eigenvalue weighted by Gasteiger charge is -2.23. The van der Waals surface area contributed by atoms with E-state index in [1.54, 1.807) is 0 Å². The minimum Gasteiger partial charge on any atom is -0.346 e. The van der Waals surface area contributed by atoms with Crippen molar-refractivity contribution in [3.05, 3.63) is 17.7 Å². The second-order valence-corrected chi connectivity index (χ2v) is 5.32. The maximum atomic E-state index is 4.53. The molecule has 3 nitrogen and oxygen atoms in total. The number of hydrogen-bond acceptors (Lipinski definition) is 2. The number of H-pyrrole nitrogens is 1. The van der Waals surface area contributed by atoms with E-state index >= 15 is 0 Å². The summed E-state index contributed by atoms with van der Waals surface area (Å²) in [4.78, 5) is 8.06. The minimum absolute atomic E-state index is 0.738.